The lowest BCUT2D eigenvalue weighted by atomic mass is 10.2. The summed E-state index contributed by atoms with van der Waals surface area (Å²) < 4.78 is 0. The molecule has 2 atom stereocenters. The largest absolute Gasteiger partial charge is 0.508 e. The molecule has 0 saturated carbocycles. The molecule has 0 spiro atoms. The smallest absolute Gasteiger partial charge is 0.115 e. The fraction of sp³-hybridized carbons (Fsp3) is 0.455. The van der Waals surface area contributed by atoms with Gasteiger partial charge in [0.15, 0.2) is 0 Å². The predicted molar refractivity (Wildman–Crippen MR) is 60.5 cm³/mol. The van der Waals surface area contributed by atoms with Gasteiger partial charge in [-0.3, -0.25) is 0 Å². The van der Waals surface area contributed by atoms with Gasteiger partial charge < -0.3 is 10.4 Å². The second kappa shape index (κ2) is 4.24. The minimum Gasteiger partial charge on any atom is -0.508 e. The second-order valence-corrected chi connectivity index (χ2v) is 5.21. The Balaban J connectivity index is 2.10. The first-order valence-corrected chi connectivity index (χ1v) is 5.88. The van der Waals surface area contributed by atoms with Crippen LogP contribution in [0.4, 0.5) is 0 Å². The average Bonchev–Trinajstić information content (AvgIpc) is 2.19. The van der Waals surface area contributed by atoms with Gasteiger partial charge in [0.05, 0.1) is 5.37 Å². The molecule has 0 aliphatic carbocycles. The number of hydrogen-bond donors (Lipinski definition) is 2. The molecule has 1 aromatic carbocycles. The summed E-state index contributed by atoms with van der Waals surface area (Å²) in [5.74, 6) is 0.336. The van der Waals surface area contributed by atoms with Crippen molar-refractivity contribution in [3.8, 4) is 5.75 Å². The molecule has 2 unspecified atom stereocenters. The van der Waals surface area contributed by atoms with E-state index in [9.17, 15) is 5.11 Å². The lowest BCUT2D eigenvalue weighted by molar-refractivity contribution is 0.475. The molecule has 1 fully saturated rings. The lowest BCUT2D eigenvalue weighted by Gasteiger charge is -2.28. The van der Waals surface area contributed by atoms with Crippen LogP contribution in [0.3, 0.4) is 0 Å². The van der Waals surface area contributed by atoms with Crippen LogP contribution in [-0.4, -0.2) is 16.9 Å². The van der Waals surface area contributed by atoms with E-state index in [2.05, 4.69) is 12.2 Å². The topological polar surface area (TPSA) is 32.3 Å². The Labute approximate surface area is 88.7 Å². The van der Waals surface area contributed by atoms with Crippen molar-refractivity contribution >= 4 is 11.8 Å². The van der Waals surface area contributed by atoms with Gasteiger partial charge in [-0.25, -0.2) is 0 Å². The number of hydrogen-bond acceptors (Lipinski definition) is 3. The van der Waals surface area contributed by atoms with Crippen molar-refractivity contribution in [2.24, 2.45) is 0 Å². The molecule has 0 radical (unpaired) electrons. The van der Waals surface area contributed by atoms with E-state index in [1.807, 2.05) is 23.9 Å². The zero-order valence-corrected chi connectivity index (χ0v) is 9.05. The SMILES string of the molecule is CC1CCNC(c2ccc(O)cc2)S1. The molecule has 1 aromatic rings. The highest BCUT2D eigenvalue weighted by atomic mass is 32.2. The van der Waals surface area contributed by atoms with E-state index in [4.69, 9.17) is 0 Å². The molecular formula is C11H15NOS. The summed E-state index contributed by atoms with van der Waals surface area (Å²) in [7, 11) is 0. The van der Waals surface area contributed by atoms with Gasteiger partial charge in [0.2, 0.25) is 0 Å². The fourth-order valence-electron chi connectivity index (χ4n) is 1.61. The molecule has 3 heteroatoms. The number of thioether (sulfide) groups is 1. The summed E-state index contributed by atoms with van der Waals surface area (Å²) in [6.45, 7) is 3.35. The minimum atomic E-state index is 0.336. The van der Waals surface area contributed by atoms with Crippen LogP contribution in [0.2, 0.25) is 0 Å². The summed E-state index contributed by atoms with van der Waals surface area (Å²) in [6.07, 6.45) is 1.24. The third-order valence-corrected chi connectivity index (χ3v) is 3.86. The first-order valence-electron chi connectivity index (χ1n) is 4.93. The van der Waals surface area contributed by atoms with Gasteiger partial charge in [0.1, 0.15) is 5.75 Å². The van der Waals surface area contributed by atoms with Crippen molar-refractivity contribution in [1.82, 2.24) is 5.32 Å². The second-order valence-electron chi connectivity index (χ2n) is 3.66. The quantitative estimate of drug-likeness (QED) is 0.745. The molecule has 0 aromatic heterocycles. The highest BCUT2D eigenvalue weighted by Crippen LogP contribution is 2.34. The fourth-order valence-corrected chi connectivity index (χ4v) is 2.86. The van der Waals surface area contributed by atoms with E-state index in [1.165, 1.54) is 12.0 Å². The molecule has 0 amide bonds. The van der Waals surface area contributed by atoms with Crippen molar-refractivity contribution < 1.29 is 5.11 Å². The Bertz CT molecular complexity index is 299. The maximum absolute atomic E-state index is 9.18. The number of phenolic OH excluding ortho intramolecular Hbond substituents is 1. The predicted octanol–water partition coefficient (Wildman–Crippen LogP) is 2.51. The Morgan fingerprint density at radius 3 is 2.71 bits per heavy atom. The van der Waals surface area contributed by atoms with Crippen molar-refractivity contribution in [3.05, 3.63) is 29.8 Å². The van der Waals surface area contributed by atoms with Gasteiger partial charge in [0.25, 0.3) is 0 Å². The third-order valence-electron chi connectivity index (χ3n) is 2.44. The first kappa shape index (κ1) is 9.87. The van der Waals surface area contributed by atoms with Crippen LogP contribution in [0.15, 0.2) is 24.3 Å². The molecule has 0 bridgehead atoms. The zero-order valence-electron chi connectivity index (χ0n) is 8.23. The maximum atomic E-state index is 9.18. The Hall–Kier alpha value is -0.670. The van der Waals surface area contributed by atoms with E-state index in [-0.39, 0.29) is 0 Å². The molecule has 14 heavy (non-hydrogen) atoms. The van der Waals surface area contributed by atoms with E-state index < -0.39 is 0 Å². The molecule has 2 rings (SSSR count). The van der Waals surface area contributed by atoms with Crippen LogP contribution in [-0.2, 0) is 0 Å². The lowest BCUT2D eigenvalue weighted by Crippen LogP contribution is -2.28. The molecule has 1 aliphatic heterocycles. The molecule has 2 nitrogen and oxygen atoms in total. The average molecular weight is 209 g/mol. The third kappa shape index (κ3) is 2.22. The normalized spacial score (nSPS) is 27.5. The maximum Gasteiger partial charge on any atom is 0.115 e. The zero-order chi connectivity index (χ0) is 9.97. The van der Waals surface area contributed by atoms with Crippen LogP contribution in [0.5, 0.6) is 5.75 Å². The number of nitrogens with one attached hydrogen (secondary N) is 1. The van der Waals surface area contributed by atoms with E-state index in [0.717, 1.165) is 11.8 Å². The summed E-state index contributed by atoms with van der Waals surface area (Å²) in [4.78, 5) is 0. The van der Waals surface area contributed by atoms with Gasteiger partial charge in [-0.15, -0.1) is 11.8 Å². The van der Waals surface area contributed by atoms with Crippen molar-refractivity contribution in [2.75, 3.05) is 6.54 Å². The summed E-state index contributed by atoms with van der Waals surface area (Å²) in [5.41, 5.74) is 1.25. The van der Waals surface area contributed by atoms with E-state index >= 15 is 0 Å². The molecular weight excluding hydrogens is 194 g/mol. The van der Waals surface area contributed by atoms with Crippen molar-refractivity contribution in [3.63, 3.8) is 0 Å². The highest BCUT2D eigenvalue weighted by molar-refractivity contribution is 8.00. The van der Waals surface area contributed by atoms with Crippen molar-refractivity contribution in [1.29, 1.82) is 0 Å². The van der Waals surface area contributed by atoms with Gasteiger partial charge in [-0.05, 0) is 30.7 Å². The molecule has 76 valence electrons. The monoisotopic (exact) mass is 209 g/mol. The highest BCUT2D eigenvalue weighted by Gasteiger charge is 2.19. The summed E-state index contributed by atoms with van der Waals surface area (Å²) in [6, 6.07) is 7.46. The van der Waals surface area contributed by atoms with Gasteiger partial charge >= 0.3 is 0 Å². The molecule has 1 heterocycles. The van der Waals surface area contributed by atoms with Crippen molar-refractivity contribution in [2.45, 2.75) is 24.0 Å². The first-order chi connectivity index (χ1) is 6.75. The van der Waals surface area contributed by atoms with Crippen LogP contribution in [0, 0.1) is 0 Å². The van der Waals surface area contributed by atoms with Crippen LogP contribution >= 0.6 is 11.8 Å². The Morgan fingerprint density at radius 1 is 1.36 bits per heavy atom. The van der Waals surface area contributed by atoms with Crippen LogP contribution in [0.1, 0.15) is 24.3 Å². The number of aromatic hydroxyl groups is 1. The van der Waals surface area contributed by atoms with E-state index in [1.54, 1.807) is 12.1 Å². The Morgan fingerprint density at radius 2 is 2.07 bits per heavy atom. The summed E-state index contributed by atoms with van der Waals surface area (Å²) in [5, 5.41) is 13.8. The summed E-state index contributed by atoms with van der Waals surface area (Å²) >= 11 is 1.95. The van der Waals surface area contributed by atoms with Gasteiger partial charge in [-0.2, -0.15) is 0 Å². The number of phenols is 1. The molecule has 1 aliphatic rings. The molecule has 1 saturated heterocycles. The van der Waals surface area contributed by atoms with Gasteiger partial charge in [0, 0.05) is 5.25 Å². The number of rotatable bonds is 1. The minimum absolute atomic E-state index is 0.336. The van der Waals surface area contributed by atoms with E-state index in [0.29, 0.717) is 11.1 Å². The number of benzene rings is 1. The molecule has 2 N–H and O–H groups in total. The Kier molecular flexibility index (Phi) is 2.99. The van der Waals surface area contributed by atoms with Crippen LogP contribution < -0.4 is 5.32 Å². The van der Waals surface area contributed by atoms with Gasteiger partial charge in [-0.1, -0.05) is 19.1 Å². The standard InChI is InChI=1S/C11H15NOS/c1-8-6-7-12-11(14-8)9-2-4-10(13)5-3-9/h2-5,8,11-13H,6-7H2,1H3. The van der Waals surface area contributed by atoms with Crippen LogP contribution in [0.25, 0.3) is 0 Å².